The van der Waals surface area contributed by atoms with Crippen molar-refractivity contribution in [3.63, 3.8) is 0 Å². The lowest BCUT2D eigenvalue weighted by molar-refractivity contribution is -0.140. The van der Waals surface area contributed by atoms with Gasteiger partial charge in [-0.1, -0.05) is 12.1 Å². The highest BCUT2D eigenvalue weighted by Gasteiger charge is 2.29. The number of amides is 2. The number of benzene rings is 2. The number of hydrogen-bond acceptors (Lipinski definition) is 6. The number of likely N-dealkylation sites (tertiary alicyclic amines) is 1. The summed E-state index contributed by atoms with van der Waals surface area (Å²) in [6.07, 6.45) is 4.70. The van der Waals surface area contributed by atoms with Crippen molar-refractivity contribution in [3.8, 4) is 11.9 Å². The minimum absolute atomic E-state index is 0.00601. The summed E-state index contributed by atoms with van der Waals surface area (Å²) in [5.74, 6) is 1.48. The highest BCUT2D eigenvalue weighted by molar-refractivity contribution is 5.98. The standard InChI is InChI=1S/C30H36N6O4/c1-20-15-22(8-10-26(20)39-4)12-14-35(3)28(37)18-36-13-6-5-7-25(29(36)38)34-30(32-19-31)33-24-9-11-27-23(17-24)16-21(2)40-27/h8-11,15-17,25H,5-7,12-14,18H2,1-4H3,(H2,32,33,34)/t25-/m0/s1. The van der Waals surface area contributed by atoms with E-state index in [-0.39, 0.29) is 24.3 Å². The van der Waals surface area contributed by atoms with E-state index in [1.165, 1.54) is 0 Å². The number of nitrogens with zero attached hydrogens (tertiary/aromatic N) is 4. The van der Waals surface area contributed by atoms with E-state index in [2.05, 4.69) is 21.7 Å². The number of likely N-dealkylation sites (N-methyl/N-ethyl adjacent to an activating group) is 1. The Morgan fingerprint density at radius 1 is 1.23 bits per heavy atom. The van der Waals surface area contributed by atoms with Crippen molar-refractivity contribution in [3.05, 3.63) is 59.4 Å². The molecule has 0 bridgehead atoms. The van der Waals surface area contributed by atoms with E-state index >= 15 is 0 Å². The molecule has 2 N–H and O–H groups in total. The molecule has 1 aliphatic rings. The van der Waals surface area contributed by atoms with Crippen molar-refractivity contribution in [1.82, 2.24) is 15.1 Å². The highest BCUT2D eigenvalue weighted by atomic mass is 16.5. The smallest absolute Gasteiger partial charge is 0.247 e. The molecule has 1 atom stereocenters. The van der Waals surface area contributed by atoms with Crippen LogP contribution in [0.5, 0.6) is 5.75 Å². The number of anilines is 1. The quantitative estimate of drug-likeness (QED) is 0.190. The Balaban J connectivity index is 1.40. The zero-order chi connectivity index (χ0) is 28.6. The minimum atomic E-state index is -0.703. The fraction of sp³-hybridized carbons (Fsp3) is 0.400. The van der Waals surface area contributed by atoms with Crippen molar-refractivity contribution >= 4 is 34.4 Å². The SMILES string of the molecule is COc1ccc(CCN(C)C(=O)CN2CCCC[C@H](N=C(NC#N)Nc3ccc4oc(C)cc4c3)C2=O)cc1C. The van der Waals surface area contributed by atoms with Crippen molar-refractivity contribution < 1.29 is 18.7 Å². The van der Waals surface area contributed by atoms with Gasteiger partial charge in [0.05, 0.1) is 13.7 Å². The first kappa shape index (κ1) is 28.5. The lowest BCUT2D eigenvalue weighted by Gasteiger charge is -2.25. The van der Waals surface area contributed by atoms with Crippen molar-refractivity contribution in [2.45, 2.75) is 45.6 Å². The summed E-state index contributed by atoms with van der Waals surface area (Å²) in [5, 5.41) is 15.9. The molecule has 10 heteroatoms. The van der Waals surface area contributed by atoms with Crippen LogP contribution in [-0.4, -0.2) is 67.4 Å². The molecule has 2 amide bonds. The molecular weight excluding hydrogens is 508 g/mol. The lowest BCUT2D eigenvalue weighted by atomic mass is 10.1. The summed E-state index contributed by atoms with van der Waals surface area (Å²) in [6, 6.07) is 12.8. The number of hydrogen-bond donors (Lipinski definition) is 2. The van der Waals surface area contributed by atoms with E-state index in [1.807, 2.05) is 56.4 Å². The van der Waals surface area contributed by atoms with Gasteiger partial charge >= 0.3 is 0 Å². The summed E-state index contributed by atoms with van der Waals surface area (Å²) in [7, 11) is 3.40. The third-order valence-corrected chi connectivity index (χ3v) is 7.06. The molecule has 2 heterocycles. The van der Waals surface area contributed by atoms with Crippen LogP contribution in [0.1, 0.15) is 36.1 Å². The van der Waals surface area contributed by atoms with E-state index in [1.54, 1.807) is 24.0 Å². The topological polar surface area (TPSA) is 123 Å². The van der Waals surface area contributed by atoms with Crippen molar-refractivity contribution in [2.24, 2.45) is 4.99 Å². The Morgan fingerprint density at radius 3 is 2.80 bits per heavy atom. The molecule has 1 aliphatic heterocycles. The van der Waals surface area contributed by atoms with Crippen LogP contribution in [0.2, 0.25) is 0 Å². The summed E-state index contributed by atoms with van der Waals surface area (Å²) in [4.78, 5) is 34.3. The summed E-state index contributed by atoms with van der Waals surface area (Å²) in [6.45, 7) is 4.90. The first-order chi connectivity index (χ1) is 19.3. The van der Waals surface area contributed by atoms with Crippen LogP contribution in [0, 0.1) is 25.3 Å². The number of furan rings is 1. The van der Waals surface area contributed by atoms with E-state index in [0.29, 0.717) is 31.6 Å². The molecule has 0 unspecified atom stereocenters. The maximum Gasteiger partial charge on any atom is 0.247 e. The number of carbonyl (C=O) groups is 2. The van der Waals surface area contributed by atoms with Gasteiger partial charge in [-0.15, -0.1) is 0 Å². The molecule has 1 aromatic heterocycles. The Bertz CT molecular complexity index is 1440. The van der Waals surface area contributed by atoms with Crippen LogP contribution in [0.3, 0.4) is 0 Å². The van der Waals surface area contributed by atoms with Crippen LogP contribution in [0.4, 0.5) is 5.69 Å². The molecule has 0 radical (unpaired) electrons. The van der Waals surface area contributed by atoms with E-state index in [4.69, 9.17) is 9.15 Å². The van der Waals surface area contributed by atoms with E-state index < -0.39 is 6.04 Å². The van der Waals surface area contributed by atoms with Gasteiger partial charge in [-0.2, -0.15) is 5.26 Å². The molecule has 0 saturated carbocycles. The molecule has 1 fully saturated rings. The Hall–Kier alpha value is -4.52. The second kappa shape index (κ2) is 13.0. The van der Waals surface area contributed by atoms with Crippen LogP contribution in [0.25, 0.3) is 11.0 Å². The van der Waals surface area contributed by atoms with Crippen LogP contribution in [-0.2, 0) is 16.0 Å². The monoisotopic (exact) mass is 544 g/mol. The van der Waals surface area contributed by atoms with Crippen LogP contribution >= 0.6 is 0 Å². The molecule has 0 aliphatic carbocycles. The number of guanidine groups is 1. The number of fused-ring (bicyclic) bond motifs is 1. The first-order valence-electron chi connectivity index (χ1n) is 13.4. The van der Waals surface area contributed by atoms with E-state index in [0.717, 1.165) is 46.4 Å². The molecule has 4 rings (SSSR count). The largest absolute Gasteiger partial charge is 0.496 e. The maximum atomic E-state index is 13.4. The first-order valence-corrected chi connectivity index (χ1v) is 13.4. The molecule has 3 aromatic rings. The number of nitriles is 1. The number of methoxy groups -OCH3 is 1. The number of nitrogens with one attached hydrogen (secondary N) is 2. The number of ether oxygens (including phenoxy) is 1. The number of aliphatic imine (C=N–C) groups is 1. The Morgan fingerprint density at radius 2 is 2.05 bits per heavy atom. The van der Waals surface area contributed by atoms with Crippen molar-refractivity contribution in [1.29, 1.82) is 5.26 Å². The fourth-order valence-electron chi connectivity index (χ4n) is 4.86. The highest BCUT2D eigenvalue weighted by Crippen LogP contribution is 2.23. The normalized spacial score (nSPS) is 15.9. The molecule has 0 spiro atoms. The number of carbonyl (C=O) groups excluding carboxylic acids is 2. The van der Waals surface area contributed by atoms with Crippen molar-refractivity contribution in [2.75, 3.05) is 39.1 Å². The second-order valence-electron chi connectivity index (χ2n) is 10.1. The number of aryl methyl sites for hydroxylation is 2. The van der Waals surface area contributed by atoms with Crippen LogP contribution in [0.15, 0.2) is 51.9 Å². The molecule has 2 aromatic carbocycles. The van der Waals surface area contributed by atoms with Gasteiger partial charge in [0.2, 0.25) is 17.8 Å². The zero-order valence-electron chi connectivity index (χ0n) is 23.5. The average molecular weight is 545 g/mol. The summed E-state index contributed by atoms with van der Waals surface area (Å²) in [5.41, 5.74) is 3.63. The predicted molar refractivity (Wildman–Crippen MR) is 154 cm³/mol. The van der Waals surface area contributed by atoms with Gasteiger partial charge in [-0.05, 0) is 81.0 Å². The van der Waals surface area contributed by atoms with E-state index in [9.17, 15) is 14.9 Å². The van der Waals surface area contributed by atoms with Crippen LogP contribution < -0.4 is 15.4 Å². The molecule has 10 nitrogen and oxygen atoms in total. The maximum absolute atomic E-state index is 13.4. The molecule has 40 heavy (non-hydrogen) atoms. The molecular formula is C30H36N6O4. The van der Waals surface area contributed by atoms with Gasteiger partial charge in [0.1, 0.15) is 23.1 Å². The molecule has 210 valence electrons. The number of rotatable bonds is 8. The van der Waals surface area contributed by atoms with Gasteiger partial charge in [-0.3, -0.25) is 14.9 Å². The minimum Gasteiger partial charge on any atom is -0.496 e. The van der Waals surface area contributed by atoms with Gasteiger partial charge in [0.15, 0.2) is 6.19 Å². The molecule has 1 saturated heterocycles. The van der Waals surface area contributed by atoms with Gasteiger partial charge in [0.25, 0.3) is 0 Å². The van der Waals surface area contributed by atoms with Gasteiger partial charge in [-0.25, -0.2) is 4.99 Å². The zero-order valence-corrected chi connectivity index (χ0v) is 23.5. The predicted octanol–water partition coefficient (Wildman–Crippen LogP) is 3.98. The Labute approximate surface area is 234 Å². The van der Waals surface area contributed by atoms with Gasteiger partial charge in [0, 0.05) is 31.2 Å². The second-order valence-corrected chi connectivity index (χ2v) is 10.1. The third-order valence-electron chi connectivity index (χ3n) is 7.06. The van der Waals surface area contributed by atoms with Gasteiger partial charge < -0.3 is 24.3 Å². The lowest BCUT2D eigenvalue weighted by Crippen LogP contribution is -2.45. The Kier molecular flexibility index (Phi) is 9.27. The fourth-order valence-corrected chi connectivity index (χ4v) is 4.86. The average Bonchev–Trinajstić information content (AvgIpc) is 3.22. The summed E-state index contributed by atoms with van der Waals surface area (Å²) >= 11 is 0. The third kappa shape index (κ3) is 7.11. The summed E-state index contributed by atoms with van der Waals surface area (Å²) < 4.78 is 10.9.